The van der Waals surface area contributed by atoms with E-state index in [1.54, 1.807) is 24.3 Å². The molecule has 0 spiro atoms. The fourth-order valence-electron chi connectivity index (χ4n) is 16.5. The first-order valence-corrected chi connectivity index (χ1v) is 51.1. The van der Waals surface area contributed by atoms with Gasteiger partial charge in [0.05, 0.1) is 47.3 Å². The summed E-state index contributed by atoms with van der Waals surface area (Å²) < 4.78 is 29.3. The van der Waals surface area contributed by atoms with Gasteiger partial charge in [-0.3, -0.25) is 24.6 Å². The molecule has 0 saturated carbocycles. The number of nitro groups is 2. The Morgan fingerprint density at radius 1 is 0.369 bits per heavy atom. The Labute approximate surface area is 882 Å². The van der Waals surface area contributed by atoms with Crippen molar-refractivity contribution < 1.29 is 27.0 Å². The van der Waals surface area contributed by atoms with E-state index in [2.05, 4.69) is 460 Å². The second-order valence-electron chi connectivity index (χ2n) is 31.7. The average Bonchev–Trinajstić information content (AvgIpc) is 1.54. The molecule has 23 rings (SSSR count). The van der Waals surface area contributed by atoms with E-state index in [1.165, 1.54) is 130 Å². The minimum atomic E-state index is -1.40. The quantitative estimate of drug-likeness (QED) is 0.0363. The Morgan fingerprint density at radius 3 is 1.25 bits per heavy atom. The smallest absolute Gasteiger partial charge is 0.423 e. The molecule has 0 unspecified atom stereocenters. The second-order valence-corrected chi connectivity index (χ2v) is 39.7. The molecule has 0 fully saturated rings. The van der Waals surface area contributed by atoms with E-state index >= 15 is 0 Å². The van der Waals surface area contributed by atoms with Gasteiger partial charge in [-0.25, -0.2) is 0 Å². The van der Waals surface area contributed by atoms with Gasteiger partial charge < -0.3 is 19.9 Å². The van der Waals surface area contributed by atoms with Gasteiger partial charge in [0.15, 0.2) is 0 Å². The summed E-state index contributed by atoms with van der Waals surface area (Å²) in [7, 11) is 1.67. The zero-order valence-electron chi connectivity index (χ0n) is 78.0. The lowest BCUT2D eigenvalue weighted by atomic mass is 9.77. The summed E-state index contributed by atoms with van der Waals surface area (Å²) in [6.45, 7) is 0. The molecule has 1 aliphatic carbocycles. The van der Waals surface area contributed by atoms with Crippen LogP contribution in [-0.4, -0.2) is 46.6 Å². The third kappa shape index (κ3) is 27.2. The SMILES string of the molecule is Brc1ccc2c(c1)Cc1ccc3ccccc3c1-2.Brc1ccc2c3c4ccccc4ccc3n(-c3ccccc3)c2c1.Ic1ccccc1.O=[N+]([O-])c1cc(Br)ccc1-c1cccc2ccccc12.O=[N+]([O-])c1cc(Br)ccc1Br.OB(O)c1cccc2ccccc12.[2H]CF.[2H]C[B].c1ccc(-c2ccc(Nc3ccc(-c4ccccc4)cc3)cc2)cc1.c1ccc(P(c2ccccc2)c2ccccc2)cc1. The normalized spacial score (nSPS) is 10.7. The molecular weight excluding hydrogens is 2200 g/mol. The molecule has 1 aromatic heterocycles. The summed E-state index contributed by atoms with van der Waals surface area (Å²) in [5.41, 5.74) is 18.7. The predicted molar refractivity (Wildman–Crippen MR) is 622 cm³/mol. The van der Waals surface area contributed by atoms with Gasteiger partial charge in [-0.15, -0.1) is 0 Å². The largest absolute Gasteiger partial charge is 0.489 e. The summed E-state index contributed by atoms with van der Waals surface area (Å²) in [4.78, 5) is 20.8. The number of benzene rings is 21. The number of rotatable bonds is 12. The molecule has 3 N–H and O–H groups in total. The van der Waals surface area contributed by atoms with Crippen LogP contribution in [0.25, 0.3) is 115 Å². The van der Waals surface area contributed by atoms with E-state index in [4.69, 9.17) is 12.8 Å². The van der Waals surface area contributed by atoms with E-state index in [0.29, 0.717) is 24.4 Å². The minimum Gasteiger partial charge on any atom is -0.423 e. The van der Waals surface area contributed by atoms with Crippen LogP contribution in [0.5, 0.6) is 0 Å². The van der Waals surface area contributed by atoms with Crippen molar-refractivity contribution >= 4 is 234 Å². The van der Waals surface area contributed by atoms with Crippen molar-refractivity contribution in [3.05, 3.63) is 549 Å². The Balaban J connectivity index is 0.000000131. The van der Waals surface area contributed by atoms with Gasteiger partial charge in [-0.2, -0.15) is 0 Å². The highest BCUT2D eigenvalue weighted by molar-refractivity contribution is 14.1. The second kappa shape index (κ2) is 52.2. The highest BCUT2D eigenvalue weighted by atomic mass is 127. The van der Waals surface area contributed by atoms with Gasteiger partial charge in [0.2, 0.25) is 0 Å². The first-order chi connectivity index (χ1) is 69.8. The van der Waals surface area contributed by atoms with Crippen LogP contribution in [0.3, 0.4) is 0 Å². The summed E-state index contributed by atoms with van der Waals surface area (Å²) in [6.07, 6.45) is 1.05. The molecule has 22 aromatic rings. The predicted octanol–water partition coefficient (Wildman–Crippen LogP) is 34.0. The van der Waals surface area contributed by atoms with Crippen molar-refractivity contribution in [3.63, 3.8) is 0 Å². The van der Waals surface area contributed by atoms with Crippen LogP contribution < -0.4 is 26.7 Å². The molecule has 0 bridgehead atoms. The van der Waals surface area contributed by atoms with Crippen LogP contribution in [0.2, 0.25) is 6.80 Å². The number of nitrogens with zero attached hydrogens (tertiary/aromatic N) is 3. The fourth-order valence-corrected chi connectivity index (χ4v) is 21.1. The summed E-state index contributed by atoms with van der Waals surface area (Å²) in [5, 5.41) is 59.3. The Bertz CT molecular complexity index is 7780. The Hall–Kier alpha value is -13.4. The zero-order valence-corrected chi connectivity index (χ0v) is 87.0. The number of aromatic nitrogens is 1. The van der Waals surface area contributed by atoms with Gasteiger partial charge >= 0.3 is 7.12 Å². The number of para-hydroxylation sites is 1. The van der Waals surface area contributed by atoms with Gasteiger partial charge in [0.25, 0.3) is 11.4 Å². The number of hydrogen-bond donors (Lipinski definition) is 3. The van der Waals surface area contributed by atoms with Crippen molar-refractivity contribution in [1.29, 1.82) is 0 Å². The number of fused-ring (bicyclic) bond motifs is 12. The highest BCUT2D eigenvalue weighted by Crippen LogP contribution is 2.44. The molecule has 0 saturated heterocycles. The van der Waals surface area contributed by atoms with Crippen molar-refractivity contribution in [3.8, 4) is 50.2 Å². The third-order valence-corrected chi connectivity index (χ3v) is 28.7. The maximum atomic E-state index is 11.3. The van der Waals surface area contributed by atoms with Crippen molar-refractivity contribution in [2.75, 3.05) is 12.5 Å². The number of anilines is 2. The lowest BCUT2D eigenvalue weighted by Crippen LogP contribution is -2.30. The van der Waals surface area contributed by atoms with Gasteiger partial charge in [-0.05, 0) is 271 Å². The molecule has 141 heavy (non-hydrogen) atoms. The highest BCUT2D eigenvalue weighted by Gasteiger charge is 2.23. The fraction of sp³-hybridized carbons (Fsp3) is 0.0248. The maximum Gasteiger partial charge on any atom is 0.489 e. The van der Waals surface area contributed by atoms with Crippen LogP contribution in [0.15, 0.2) is 514 Å². The molecule has 21 aromatic carbocycles. The monoisotopic (exact) mass is 2290 g/mol. The standard InChI is InChI=1S/C24H19N.C22H14BrN.C18H15P.C17H11Br.C16H10BrNO2.C10H9BO2.C6H3Br2NO2.C6H5I.CH3B.CH3F/c1-3-7-19(8-4-1)21-11-15-23(16-12-21)25-24-17-13-22(14-18-24)20-9-5-2-6-10-20;23-16-11-12-19-21(14-16)24(17-7-2-1-3-8-17)20-13-10-15-6-4-5-9-18(15)22(19)20;1-4-10-16(11-5-1)19(17-12-6-2-7-13-17)18-14-8-3-9-15-18;18-14-7-8-16-13(10-14)9-12-6-5-11-3-1-2-4-15(11)17(12)16;17-12-8-9-15(16(10-12)18(19)20)14-7-3-5-11-4-1-2-6-13(11)14;12-11(13)10-7-3-5-8-4-1-2-6-9(8)10;7-4-1-2-5(8)6(3-4)9(10)11;7-6-4-2-1-3-5-6;2*1-2/h1-18,25H;1-14H;1-15H;1-8,10H,9H2;1-10H;1-7,12-13H;1-3H;1-5H;2*1H3/i;;;;;;;;2*1D. The lowest BCUT2D eigenvalue weighted by molar-refractivity contribution is -0.385. The molecule has 10 nitrogen and oxygen atoms in total. The van der Waals surface area contributed by atoms with Gasteiger partial charge in [-0.1, -0.05) is 447 Å². The van der Waals surface area contributed by atoms with Crippen LogP contribution >= 0.6 is 110 Å². The molecule has 0 aliphatic heterocycles. The van der Waals surface area contributed by atoms with E-state index in [9.17, 15) is 24.6 Å². The molecule has 0 amide bonds. The molecular formula is C121H92B2Br5FIN4O6P. The number of hydrogen-bond acceptors (Lipinski definition) is 7. The van der Waals surface area contributed by atoms with Gasteiger partial charge in [0, 0.05) is 62.8 Å². The average molecular weight is 2300 g/mol. The van der Waals surface area contributed by atoms with E-state index in [0.717, 1.165) is 49.4 Å². The molecule has 20 heteroatoms. The lowest BCUT2D eigenvalue weighted by Gasteiger charge is -2.18. The zero-order chi connectivity index (χ0) is 100. The topological polar surface area (TPSA) is 144 Å². The van der Waals surface area contributed by atoms with E-state index in [1.807, 2.05) is 115 Å². The Kier molecular flexibility index (Phi) is 37.2. The van der Waals surface area contributed by atoms with Crippen LogP contribution in [0.4, 0.5) is 27.1 Å². The minimum absolute atomic E-state index is 0. The number of halogens is 7. The van der Waals surface area contributed by atoms with E-state index in [-0.39, 0.29) is 23.1 Å². The third-order valence-electron chi connectivity index (χ3n) is 22.9. The maximum absolute atomic E-state index is 11.3. The van der Waals surface area contributed by atoms with E-state index < -0.39 is 27.1 Å². The summed E-state index contributed by atoms with van der Waals surface area (Å²) in [5.74, 6) is 0. The molecule has 0 atom stereocenters. The first kappa shape index (κ1) is 101. The molecule has 1 heterocycles. The molecule has 1 aliphatic rings. The number of nitro benzene ring substituents is 2. The number of nitrogens with one attached hydrogen (secondary N) is 1. The summed E-state index contributed by atoms with van der Waals surface area (Å²) >= 11 is 19.0. The van der Waals surface area contributed by atoms with Crippen molar-refractivity contribution in [1.82, 2.24) is 4.57 Å². The van der Waals surface area contributed by atoms with Crippen molar-refractivity contribution in [2.24, 2.45) is 0 Å². The van der Waals surface area contributed by atoms with Crippen LogP contribution in [-0.2, 0) is 6.42 Å². The first-order valence-electron chi connectivity index (χ1n) is 46.1. The summed E-state index contributed by atoms with van der Waals surface area (Å²) in [6, 6.07) is 167. The molecule has 692 valence electrons. The molecule has 2 radical (unpaired) electrons. The van der Waals surface area contributed by atoms with Crippen LogP contribution in [0.1, 0.15) is 13.9 Å². The van der Waals surface area contributed by atoms with Crippen molar-refractivity contribution in [2.45, 2.75) is 13.2 Å². The number of alkyl halides is 1. The van der Waals surface area contributed by atoms with Gasteiger partial charge in [0.1, 0.15) is 0 Å². The Morgan fingerprint density at radius 2 is 0.752 bits per heavy atom. The van der Waals surface area contributed by atoms with Crippen LogP contribution in [0, 0.1) is 23.8 Å².